The Balaban J connectivity index is 2.84. The number of Topliss-reactive ketones (excluding diaryl/α,β-unsaturated/α-hetero) is 1. The summed E-state index contributed by atoms with van der Waals surface area (Å²) < 4.78 is 25.0. The van der Waals surface area contributed by atoms with Crippen molar-refractivity contribution in [2.45, 2.75) is 19.4 Å². The van der Waals surface area contributed by atoms with Crippen LogP contribution < -0.4 is 4.52 Å². The van der Waals surface area contributed by atoms with Gasteiger partial charge in [-0.05, 0) is 24.6 Å². The summed E-state index contributed by atoms with van der Waals surface area (Å²) in [5, 5.41) is 0. The van der Waals surface area contributed by atoms with Crippen molar-refractivity contribution < 1.29 is 32.8 Å². The zero-order valence-corrected chi connectivity index (χ0v) is 14.3. The fraction of sp³-hybridized carbons (Fsp3) is 0.429. The maximum atomic E-state index is 11.7. The van der Waals surface area contributed by atoms with Crippen LogP contribution >= 0.6 is 7.82 Å². The molecule has 2 atom stereocenters. The lowest BCUT2D eigenvalue weighted by Gasteiger charge is -2.25. The van der Waals surface area contributed by atoms with Gasteiger partial charge in [-0.25, -0.2) is 9.36 Å². The van der Waals surface area contributed by atoms with E-state index in [4.69, 9.17) is 4.52 Å². The van der Waals surface area contributed by atoms with Crippen molar-refractivity contribution in [3.05, 3.63) is 29.8 Å². The Hall–Kier alpha value is -1.89. The van der Waals surface area contributed by atoms with Crippen molar-refractivity contribution in [2.24, 2.45) is 0 Å². The minimum atomic E-state index is -4.11. The summed E-state index contributed by atoms with van der Waals surface area (Å²) in [5.74, 6) is -0.0281. The van der Waals surface area contributed by atoms with E-state index in [9.17, 15) is 19.0 Å². The average Bonchev–Trinajstić information content (AvgIpc) is 2.52. The molecule has 1 N–H and O–H groups in total. The van der Waals surface area contributed by atoms with E-state index in [1.165, 1.54) is 38.1 Å². The zero-order chi connectivity index (χ0) is 17.6. The fourth-order valence-corrected chi connectivity index (χ4v) is 2.37. The molecule has 9 heteroatoms. The Kier molecular flexibility index (Phi) is 6.75. The molecule has 0 spiro atoms. The first-order valence-corrected chi connectivity index (χ1v) is 8.18. The van der Waals surface area contributed by atoms with Crippen LogP contribution in [0.5, 0.6) is 5.75 Å². The number of hydrogen-bond donors (Lipinski definition) is 1. The molecule has 0 saturated heterocycles. The van der Waals surface area contributed by atoms with Crippen molar-refractivity contribution >= 4 is 19.7 Å². The van der Waals surface area contributed by atoms with Crippen LogP contribution in [-0.2, 0) is 25.0 Å². The largest absolute Gasteiger partial charge is 0.527 e. The van der Waals surface area contributed by atoms with Crippen LogP contribution in [0.15, 0.2) is 24.3 Å². The lowest BCUT2D eigenvalue weighted by Crippen LogP contribution is -2.42. The molecule has 128 valence electrons. The average molecular weight is 345 g/mol. The van der Waals surface area contributed by atoms with E-state index in [1.807, 2.05) is 0 Å². The highest BCUT2D eigenvalue weighted by atomic mass is 31.2. The van der Waals surface area contributed by atoms with Gasteiger partial charge in [0, 0.05) is 20.6 Å². The van der Waals surface area contributed by atoms with Crippen LogP contribution in [0.1, 0.15) is 12.5 Å². The molecule has 1 amide bonds. The minimum Gasteiger partial charge on any atom is -0.453 e. The van der Waals surface area contributed by atoms with E-state index in [2.05, 4.69) is 9.26 Å². The van der Waals surface area contributed by atoms with Gasteiger partial charge >= 0.3 is 13.9 Å². The van der Waals surface area contributed by atoms with E-state index < -0.39 is 20.0 Å². The Labute approximate surface area is 134 Å². The van der Waals surface area contributed by atoms with E-state index >= 15 is 0 Å². The van der Waals surface area contributed by atoms with E-state index in [0.717, 1.165) is 12.7 Å². The van der Waals surface area contributed by atoms with Crippen LogP contribution in [0.3, 0.4) is 0 Å². The highest BCUT2D eigenvalue weighted by molar-refractivity contribution is 7.47. The maximum absolute atomic E-state index is 11.7. The van der Waals surface area contributed by atoms with Crippen molar-refractivity contribution in [3.8, 4) is 5.75 Å². The summed E-state index contributed by atoms with van der Waals surface area (Å²) in [5.41, 5.74) is 0.749. The number of phosphoric acid groups is 1. The van der Waals surface area contributed by atoms with Crippen LogP contribution in [0.2, 0.25) is 0 Å². The number of carbonyl (C=O) groups excluding carboxylic acids is 2. The molecule has 0 saturated carbocycles. The quantitative estimate of drug-likeness (QED) is 0.754. The van der Waals surface area contributed by atoms with Crippen LogP contribution in [0.25, 0.3) is 0 Å². The predicted molar refractivity (Wildman–Crippen MR) is 82.2 cm³/mol. The van der Waals surface area contributed by atoms with Crippen LogP contribution in [-0.4, -0.2) is 49.0 Å². The smallest absolute Gasteiger partial charge is 0.453 e. The molecule has 0 fully saturated rings. The first kappa shape index (κ1) is 19.2. The molecule has 23 heavy (non-hydrogen) atoms. The summed E-state index contributed by atoms with van der Waals surface area (Å²) in [6, 6.07) is 5.55. The van der Waals surface area contributed by atoms with Gasteiger partial charge in [0.2, 0.25) is 0 Å². The normalized spacial score (nSPS) is 14.5. The van der Waals surface area contributed by atoms with E-state index in [-0.39, 0.29) is 18.0 Å². The molecule has 0 aromatic heterocycles. The summed E-state index contributed by atoms with van der Waals surface area (Å²) >= 11 is 0. The van der Waals surface area contributed by atoms with E-state index in [1.54, 1.807) is 12.1 Å². The number of ketones is 1. The molecule has 0 radical (unpaired) electrons. The standard InChI is InChI=1S/C14H20NO7P/c1-10(16)13(15(2)14(17)20-3)9-11-5-7-12(8-6-11)22-23(18,19)21-4/h5-8,13H,9H2,1-4H3,(H,18,19)/t13-/m0/s1. The second-order valence-electron chi connectivity index (χ2n) is 4.80. The van der Waals surface area contributed by atoms with Gasteiger partial charge in [0.1, 0.15) is 5.75 Å². The van der Waals surface area contributed by atoms with Crippen molar-refractivity contribution in [1.82, 2.24) is 4.90 Å². The Morgan fingerprint density at radius 2 is 1.83 bits per heavy atom. The Morgan fingerprint density at radius 3 is 2.26 bits per heavy atom. The van der Waals surface area contributed by atoms with Gasteiger partial charge < -0.3 is 14.2 Å². The van der Waals surface area contributed by atoms with Gasteiger partial charge in [-0.2, -0.15) is 0 Å². The molecule has 1 unspecified atom stereocenters. The number of hydrogen-bond acceptors (Lipinski definition) is 6. The molecule has 0 aliphatic heterocycles. The molecule has 1 rings (SSSR count). The Morgan fingerprint density at radius 1 is 1.26 bits per heavy atom. The van der Waals surface area contributed by atoms with Crippen molar-refractivity contribution in [1.29, 1.82) is 0 Å². The zero-order valence-electron chi connectivity index (χ0n) is 13.4. The summed E-state index contributed by atoms with van der Waals surface area (Å²) in [6.45, 7) is 1.39. The summed E-state index contributed by atoms with van der Waals surface area (Å²) in [7, 11) is -0.322. The van der Waals surface area contributed by atoms with Crippen molar-refractivity contribution in [2.75, 3.05) is 21.3 Å². The molecule has 1 aromatic rings. The predicted octanol–water partition coefficient (Wildman–Crippen LogP) is 2.01. The van der Waals surface area contributed by atoms with E-state index in [0.29, 0.717) is 0 Å². The third-order valence-electron chi connectivity index (χ3n) is 3.20. The monoisotopic (exact) mass is 345 g/mol. The number of methoxy groups -OCH3 is 1. The maximum Gasteiger partial charge on any atom is 0.527 e. The second kappa shape index (κ2) is 8.10. The number of likely N-dealkylation sites (N-methyl/N-ethyl adjacent to an activating group) is 1. The number of carbonyl (C=O) groups is 2. The Bertz CT molecular complexity index is 602. The SMILES string of the molecule is COC(=O)N(C)[C@@H](Cc1ccc(OP(=O)(O)OC)cc1)C(C)=O. The number of phosphoric ester groups is 1. The lowest BCUT2D eigenvalue weighted by atomic mass is 10.0. The van der Waals surface area contributed by atoms with Gasteiger partial charge in [0.25, 0.3) is 0 Å². The van der Waals surface area contributed by atoms with Gasteiger partial charge in [-0.1, -0.05) is 12.1 Å². The highest BCUT2D eigenvalue weighted by Gasteiger charge is 2.25. The molecule has 1 aromatic carbocycles. The number of rotatable bonds is 7. The summed E-state index contributed by atoms with van der Waals surface area (Å²) in [6.07, 6.45) is -0.325. The first-order valence-electron chi connectivity index (χ1n) is 6.68. The highest BCUT2D eigenvalue weighted by Crippen LogP contribution is 2.42. The number of amides is 1. The molecule has 0 aliphatic carbocycles. The van der Waals surface area contributed by atoms with Crippen LogP contribution in [0, 0.1) is 0 Å². The molecular formula is C14H20NO7P. The van der Waals surface area contributed by atoms with Gasteiger partial charge in [0.15, 0.2) is 5.78 Å². The topological polar surface area (TPSA) is 102 Å². The number of ether oxygens (including phenoxy) is 1. The van der Waals surface area contributed by atoms with Gasteiger partial charge in [0.05, 0.1) is 13.2 Å². The molecule has 0 bridgehead atoms. The molecule has 8 nitrogen and oxygen atoms in total. The minimum absolute atomic E-state index is 0.155. The third kappa shape index (κ3) is 5.67. The lowest BCUT2D eigenvalue weighted by molar-refractivity contribution is -0.121. The molecular weight excluding hydrogens is 325 g/mol. The fourth-order valence-electron chi connectivity index (χ4n) is 1.90. The molecule has 0 heterocycles. The van der Waals surface area contributed by atoms with Crippen LogP contribution in [0.4, 0.5) is 4.79 Å². The second-order valence-corrected chi connectivity index (χ2v) is 6.28. The van der Waals surface area contributed by atoms with Gasteiger partial charge in [-0.15, -0.1) is 0 Å². The number of nitrogens with zero attached hydrogens (tertiary/aromatic N) is 1. The molecule has 0 aliphatic rings. The van der Waals surface area contributed by atoms with Gasteiger partial charge in [-0.3, -0.25) is 14.2 Å². The number of benzene rings is 1. The first-order chi connectivity index (χ1) is 10.7. The summed E-state index contributed by atoms with van der Waals surface area (Å²) in [4.78, 5) is 33.7. The third-order valence-corrected chi connectivity index (χ3v) is 4.11. The van der Waals surface area contributed by atoms with Crippen molar-refractivity contribution in [3.63, 3.8) is 0 Å².